The molecular weight excluding hydrogens is 220 g/mol. The summed E-state index contributed by atoms with van der Waals surface area (Å²) in [6.45, 7) is 3.60. The largest absolute Gasteiger partial charge is 0.378 e. The Bertz CT molecular complexity index is 300. The smallest absolute Gasteiger partial charge is 0.242 e. The molecule has 2 aliphatic heterocycles. The van der Waals surface area contributed by atoms with E-state index in [0.29, 0.717) is 19.1 Å². The Morgan fingerprint density at radius 2 is 2.29 bits per heavy atom. The van der Waals surface area contributed by atoms with Crippen molar-refractivity contribution in [2.45, 2.75) is 44.8 Å². The number of hydrogen-bond acceptors (Lipinski definition) is 3. The fourth-order valence-corrected chi connectivity index (χ4v) is 2.47. The molecule has 2 atom stereocenters. The van der Waals surface area contributed by atoms with Gasteiger partial charge in [0.2, 0.25) is 11.8 Å². The van der Waals surface area contributed by atoms with Crippen molar-refractivity contribution >= 4 is 11.8 Å². The van der Waals surface area contributed by atoms with Gasteiger partial charge >= 0.3 is 0 Å². The molecule has 0 aromatic heterocycles. The van der Waals surface area contributed by atoms with E-state index in [1.807, 2.05) is 6.92 Å². The zero-order valence-electron chi connectivity index (χ0n) is 10.3. The first-order valence-electron chi connectivity index (χ1n) is 6.34. The normalized spacial score (nSPS) is 30.3. The van der Waals surface area contributed by atoms with Gasteiger partial charge in [0.05, 0.1) is 12.6 Å². The van der Waals surface area contributed by atoms with Crippen LogP contribution in [0.5, 0.6) is 0 Å². The summed E-state index contributed by atoms with van der Waals surface area (Å²) < 4.78 is 5.55. The molecule has 2 aliphatic rings. The molecule has 2 unspecified atom stereocenters. The van der Waals surface area contributed by atoms with Crippen LogP contribution >= 0.6 is 0 Å². The minimum atomic E-state index is -0.0366. The molecule has 2 rings (SSSR count). The molecule has 0 aromatic carbocycles. The van der Waals surface area contributed by atoms with Gasteiger partial charge in [0.15, 0.2) is 0 Å². The highest BCUT2D eigenvalue weighted by Gasteiger charge is 2.27. The third-order valence-electron chi connectivity index (χ3n) is 3.49. The first-order chi connectivity index (χ1) is 8.16. The van der Waals surface area contributed by atoms with Crippen LogP contribution in [0, 0.1) is 0 Å². The fourth-order valence-electron chi connectivity index (χ4n) is 2.47. The van der Waals surface area contributed by atoms with Gasteiger partial charge < -0.3 is 15.0 Å². The van der Waals surface area contributed by atoms with Gasteiger partial charge in [0.1, 0.15) is 0 Å². The van der Waals surface area contributed by atoms with E-state index < -0.39 is 0 Å². The minimum Gasteiger partial charge on any atom is -0.378 e. The molecule has 17 heavy (non-hydrogen) atoms. The van der Waals surface area contributed by atoms with E-state index in [0.717, 1.165) is 25.9 Å². The molecule has 2 fully saturated rings. The van der Waals surface area contributed by atoms with Gasteiger partial charge in [-0.05, 0) is 26.2 Å². The predicted octanol–water partition coefficient (Wildman–Crippen LogP) is 0.293. The quantitative estimate of drug-likeness (QED) is 0.771. The Morgan fingerprint density at radius 1 is 1.47 bits per heavy atom. The molecule has 5 heteroatoms. The van der Waals surface area contributed by atoms with Gasteiger partial charge in [0, 0.05) is 25.6 Å². The van der Waals surface area contributed by atoms with Crippen LogP contribution in [0.3, 0.4) is 0 Å². The topological polar surface area (TPSA) is 58.6 Å². The third-order valence-corrected chi connectivity index (χ3v) is 3.49. The number of hydrogen-bond donors (Lipinski definition) is 1. The van der Waals surface area contributed by atoms with Crippen molar-refractivity contribution in [2.24, 2.45) is 0 Å². The summed E-state index contributed by atoms with van der Waals surface area (Å²) in [5.74, 6) is -0.0215. The molecule has 2 saturated heterocycles. The molecule has 0 spiro atoms. The second-order valence-corrected chi connectivity index (χ2v) is 4.84. The van der Waals surface area contributed by atoms with E-state index in [1.165, 1.54) is 0 Å². The SMILES string of the molecule is CC1CC(=O)NCC(=O)N1CCC1CCCO1. The van der Waals surface area contributed by atoms with Gasteiger partial charge in [-0.3, -0.25) is 9.59 Å². The summed E-state index contributed by atoms with van der Waals surface area (Å²) in [7, 11) is 0. The molecular formula is C12H20N2O3. The first kappa shape index (κ1) is 12.4. The Hall–Kier alpha value is -1.10. The molecule has 0 aliphatic carbocycles. The number of rotatable bonds is 3. The van der Waals surface area contributed by atoms with Crippen LogP contribution in [0.25, 0.3) is 0 Å². The molecule has 96 valence electrons. The van der Waals surface area contributed by atoms with Crippen LogP contribution < -0.4 is 5.32 Å². The second kappa shape index (κ2) is 5.49. The maximum Gasteiger partial charge on any atom is 0.242 e. The van der Waals surface area contributed by atoms with Gasteiger partial charge in [-0.25, -0.2) is 0 Å². The van der Waals surface area contributed by atoms with Gasteiger partial charge in [0.25, 0.3) is 0 Å². The maximum atomic E-state index is 11.8. The molecule has 1 N–H and O–H groups in total. The van der Waals surface area contributed by atoms with E-state index in [1.54, 1.807) is 4.90 Å². The lowest BCUT2D eigenvalue weighted by molar-refractivity contribution is -0.131. The van der Waals surface area contributed by atoms with Crippen molar-refractivity contribution in [3.8, 4) is 0 Å². The molecule has 0 radical (unpaired) electrons. The summed E-state index contributed by atoms with van der Waals surface area (Å²) in [4.78, 5) is 25.0. The lowest BCUT2D eigenvalue weighted by Gasteiger charge is -2.27. The molecule has 2 heterocycles. The number of amides is 2. The van der Waals surface area contributed by atoms with E-state index >= 15 is 0 Å². The van der Waals surface area contributed by atoms with E-state index in [2.05, 4.69) is 5.32 Å². The van der Waals surface area contributed by atoms with Crippen molar-refractivity contribution in [2.75, 3.05) is 19.7 Å². The summed E-state index contributed by atoms with van der Waals surface area (Å²) in [5, 5.41) is 2.62. The van der Waals surface area contributed by atoms with Crippen molar-refractivity contribution in [1.29, 1.82) is 0 Å². The van der Waals surface area contributed by atoms with Crippen molar-refractivity contribution in [3.05, 3.63) is 0 Å². The third kappa shape index (κ3) is 3.19. The lowest BCUT2D eigenvalue weighted by atomic mass is 10.1. The minimum absolute atomic E-state index is 0.00796. The number of nitrogens with one attached hydrogen (secondary N) is 1. The van der Waals surface area contributed by atoms with E-state index in [9.17, 15) is 9.59 Å². The van der Waals surface area contributed by atoms with Crippen molar-refractivity contribution in [3.63, 3.8) is 0 Å². The zero-order chi connectivity index (χ0) is 12.3. The van der Waals surface area contributed by atoms with Gasteiger partial charge in [-0.1, -0.05) is 0 Å². The highest BCUT2D eigenvalue weighted by Crippen LogP contribution is 2.17. The van der Waals surface area contributed by atoms with Gasteiger partial charge in [-0.2, -0.15) is 0 Å². The first-order valence-corrected chi connectivity index (χ1v) is 6.34. The van der Waals surface area contributed by atoms with E-state index in [4.69, 9.17) is 4.74 Å². The lowest BCUT2D eigenvalue weighted by Crippen LogP contribution is -2.41. The molecule has 5 nitrogen and oxygen atoms in total. The Kier molecular flexibility index (Phi) is 3.99. The fraction of sp³-hybridized carbons (Fsp3) is 0.833. The molecule has 0 bridgehead atoms. The number of carbonyl (C=O) groups is 2. The van der Waals surface area contributed by atoms with Crippen LogP contribution in [0.15, 0.2) is 0 Å². The molecule has 0 aromatic rings. The summed E-state index contributed by atoms with van der Waals surface area (Å²) in [6, 6.07) is -0.00796. The number of ether oxygens (including phenoxy) is 1. The van der Waals surface area contributed by atoms with E-state index in [-0.39, 0.29) is 24.4 Å². The van der Waals surface area contributed by atoms with Crippen LogP contribution in [0.4, 0.5) is 0 Å². The number of nitrogens with zero attached hydrogens (tertiary/aromatic N) is 1. The van der Waals surface area contributed by atoms with Crippen molar-refractivity contribution < 1.29 is 14.3 Å². The molecule has 0 saturated carbocycles. The summed E-state index contributed by atoms with van der Waals surface area (Å²) >= 11 is 0. The summed E-state index contributed by atoms with van der Waals surface area (Å²) in [6.07, 6.45) is 3.78. The van der Waals surface area contributed by atoms with Crippen LogP contribution in [-0.4, -0.2) is 48.6 Å². The standard InChI is InChI=1S/C12H20N2O3/c1-9-7-11(15)13-8-12(16)14(9)5-4-10-3-2-6-17-10/h9-10H,2-8H2,1H3,(H,13,15). The van der Waals surface area contributed by atoms with Gasteiger partial charge in [-0.15, -0.1) is 0 Å². The summed E-state index contributed by atoms with van der Waals surface area (Å²) in [5.41, 5.74) is 0. The monoisotopic (exact) mass is 240 g/mol. The maximum absolute atomic E-state index is 11.8. The Morgan fingerprint density at radius 3 is 3.00 bits per heavy atom. The average molecular weight is 240 g/mol. The van der Waals surface area contributed by atoms with Crippen LogP contribution in [0.2, 0.25) is 0 Å². The van der Waals surface area contributed by atoms with Crippen LogP contribution in [-0.2, 0) is 14.3 Å². The molecule has 2 amide bonds. The number of carbonyl (C=O) groups excluding carboxylic acids is 2. The second-order valence-electron chi connectivity index (χ2n) is 4.84. The highest BCUT2D eigenvalue weighted by molar-refractivity contribution is 5.87. The average Bonchev–Trinajstić information content (AvgIpc) is 2.75. The van der Waals surface area contributed by atoms with Crippen molar-refractivity contribution in [1.82, 2.24) is 10.2 Å². The Balaban J connectivity index is 1.87. The Labute approximate surface area is 101 Å². The zero-order valence-corrected chi connectivity index (χ0v) is 10.3. The predicted molar refractivity (Wildman–Crippen MR) is 62.4 cm³/mol. The highest BCUT2D eigenvalue weighted by atomic mass is 16.5. The van der Waals surface area contributed by atoms with Crippen LogP contribution in [0.1, 0.15) is 32.6 Å².